The molecule has 3 N–H and O–H groups in total. The normalized spacial score (nSPS) is 11.3. The quantitative estimate of drug-likeness (QED) is 0.422. The third-order valence-electron chi connectivity index (χ3n) is 4.93. The van der Waals surface area contributed by atoms with Gasteiger partial charge in [-0.05, 0) is 30.3 Å². The summed E-state index contributed by atoms with van der Waals surface area (Å²) in [6.45, 7) is 0. The Labute approximate surface area is 191 Å². The zero-order chi connectivity index (χ0) is 23.6. The van der Waals surface area contributed by atoms with Crippen LogP contribution < -0.4 is 24.7 Å². The largest absolute Gasteiger partial charge is 0.497 e. The number of methoxy groups -OCH3 is 3. The van der Waals surface area contributed by atoms with E-state index in [2.05, 4.69) is 5.32 Å². The highest BCUT2D eigenvalue weighted by atomic mass is 32.2. The second-order valence-corrected chi connectivity index (χ2v) is 8.57. The van der Waals surface area contributed by atoms with Crippen molar-refractivity contribution in [3.05, 3.63) is 60.7 Å². The monoisotopic (exact) mass is 466 g/mol. The van der Waals surface area contributed by atoms with E-state index >= 15 is 0 Å². The predicted octanol–water partition coefficient (Wildman–Crippen LogP) is 3.71. The van der Waals surface area contributed by atoms with Crippen molar-refractivity contribution < 1.29 is 22.6 Å². The third kappa shape index (κ3) is 4.66. The van der Waals surface area contributed by atoms with Gasteiger partial charge >= 0.3 is 0 Å². The molecular weight excluding hydrogens is 444 g/mol. The fourth-order valence-corrected chi connectivity index (χ4v) is 4.08. The first kappa shape index (κ1) is 22.3. The summed E-state index contributed by atoms with van der Waals surface area (Å²) in [5, 5.41) is 8.73. The summed E-state index contributed by atoms with van der Waals surface area (Å²) in [6, 6.07) is 17.0. The summed E-state index contributed by atoms with van der Waals surface area (Å²) in [5.41, 5.74) is 2.37. The molecule has 10 heteroatoms. The number of anilines is 2. The lowest BCUT2D eigenvalue weighted by molar-refractivity contribution is 0.395. The number of rotatable bonds is 7. The molecule has 0 aliphatic heterocycles. The molecule has 9 nitrogen and oxygen atoms in total. The number of nitrogens with zero attached hydrogens (tertiary/aromatic N) is 2. The van der Waals surface area contributed by atoms with E-state index in [4.69, 9.17) is 29.3 Å². The SMILES string of the molecule is COc1cc(Nc2nc3ccccc3nc2-c2cc(OC)ccc2S(N)(=O)=O)cc(OC)c1. The van der Waals surface area contributed by atoms with E-state index in [0.29, 0.717) is 45.5 Å². The summed E-state index contributed by atoms with van der Waals surface area (Å²) in [5.74, 6) is 1.90. The summed E-state index contributed by atoms with van der Waals surface area (Å²) in [7, 11) is 0.528. The van der Waals surface area contributed by atoms with Crippen LogP contribution in [-0.2, 0) is 10.0 Å². The maximum atomic E-state index is 12.4. The van der Waals surface area contributed by atoms with Gasteiger partial charge in [0, 0.05) is 29.4 Å². The van der Waals surface area contributed by atoms with Gasteiger partial charge in [0.1, 0.15) is 22.9 Å². The van der Waals surface area contributed by atoms with Crippen LogP contribution in [0, 0.1) is 0 Å². The number of fused-ring (bicyclic) bond motifs is 1. The van der Waals surface area contributed by atoms with Crippen molar-refractivity contribution >= 4 is 32.6 Å². The number of nitrogens with two attached hydrogens (primary N) is 1. The molecule has 170 valence electrons. The van der Waals surface area contributed by atoms with Gasteiger partial charge in [-0.3, -0.25) is 0 Å². The van der Waals surface area contributed by atoms with E-state index in [0.717, 1.165) is 0 Å². The topological polar surface area (TPSA) is 126 Å². The fraction of sp³-hybridized carbons (Fsp3) is 0.130. The summed E-state index contributed by atoms with van der Waals surface area (Å²) in [4.78, 5) is 9.32. The minimum atomic E-state index is -4.06. The molecule has 4 aromatic rings. The van der Waals surface area contributed by atoms with Crippen LogP contribution in [0.4, 0.5) is 11.5 Å². The average molecular weight is 467 g/mol. The number of sulfonamides is 1. The molecule has 0 atom stereocenters. The first-order valence-electron chi connectivity index (χ1n) is 9.80. The Bertz CT molecular complexity index is 1420. The molecule has 0 saturated heterocycles. The van der Waals surface area contributed by atoms with Crippen molar-refractivity contribution in [1.82, 2.24) is 9.97 Å². The molecule has 0 bridgehead atoms. The standard InChI is InChI=1S/C23H22N4O5S/c1-30-15-8-9-21(33(24,28)29)18(13-15)22-23(27-20-7-5-4-6-19(20)26-22)25-14-10-16(31-2)12-17(11-14)32-3/h4-13H,1-3H3,(H,25,27)(H2,24,28,29). The number of hydrogen-bond acceptors (Lipinski definition) is 8. The summed E-state index contributed by atoms with van der Waals surface area (Å²) in [6.07, 6.45) is 0. The van der Waals surface area contributed by atoms with Gasteiger partial charge in [-0.1, -0.05) is 12.1 Å². The van der Waals surface area contributed by atoms with E-state index in [1.807, 2.05) is 18.2 Å². The number of para-hydroxylation sites is 2. The average Bonchev–Trinajstić information content (AvgIpc) is 2.82. The molecule has 3 aromatic carbocycles. The summed E-state index contributed by atoms with van der Waals surface area (Å²) < 4.78 is 40.7. The van der Waals surface area contributed by atoms with Crippen molar-refractivity contribution in [3.8, 4) is 28.5 Å². The molecule has 0 spiro atoms. The summed E-state index contributed by atoms with van der Waals surface area (Å²) >= 11 is 0. The zero-order valence-electron chi connectivity index (χ0n) is 18.2. The lowest BCUT2D eigenvalue weighted by Crippen LogP contribution is -2.14. The van der Waals surface area contributed by atoms with Gasteiger partial charge in [0.05, 0.1) is 37.3 Å². The van der Waals surface area contributed by atoms with Gasteiger partial charge in [-0.2, -0.15) is 0 Å². The number of ether oxygens (including phenoxy) is 3. The second kappa shape index (κ2) is 8.93. The van der Waals surface area contributed by atoms with Gasteiger partial charge < -0.3 is 19.5 Å². The smallest absolute Gasteiger partial charge is 0.238 e. The van der Waals surface area contributed by atoms with E-state index in [1.54, 1.807) is 44.6 Å². The van der Waals surface area contributed by atoms with E-state index in [-0.39, 0.29) is 10.5 Å². The van der Waals surface area contributed by atoms with Crippen LogP contribution in [0.25, 0.3) is 22.3 Å². The molecule has 0 aliphatic carbocycles. The molecule has 1 aromatic heterocycles. The number of nitrogens with one attached hydrogen (secondary N) is 1. The van der Waals surface area contributed by atoms with Crippen molar-refractivity contribution in [2.75, 3.05) is 26.6 Å². The zero-order valence-corrected chi connectivity index (χ0v) is 19.0. The van der Waals surface area contributed by atoms with Gasteiger partial charge in [-0.25, -0.2) is 23.5 Å². The minimum absolute atomic E-state index is 0.0980. The Morgan fingerprint density at radius 1 is 0.788 bits per heavy atom. The molecule has 0 fully saturated rings. The predicted molar refractivity (Wildman–Crippen MR) is 126 cm³/mol. The number of hydrogen-bond donors (Lipinski definition) is 2. The first-order valence-corrected chi connectivity index (χ1v) is 11.3. The molecule has 0 unspecified atom stereocenters. The molecule has 0 saturated carbocycles. The molecule has 0 amide bonds. The lowest BCUT2D eigenvalue weighted by atomic mass is 10.1. The Morgan fingerprint density at radius 3 is 1.97 bits per heavy atom. The molecule has 1 heterocycles. The van der Waals surface area contributed by atoms with Crippen molar-refractivity contribution in [2.45, 2.75) is 4.90 Å². The van der Waals surface area contributed by atoms with Gasteiger partial charge in [0.2, 0.25) is 10.0 Å². The number of aromatic nitrogens is 2. The van der Waals surface area contributed by atoms with Crippen LogP contribution in [0.5, 0.6) is 17.2 Å². The minimum Gasteiger partial charge on any atom is -0.497 e. The van der Waals surface area contributed by atoms with E-state index in [1.165, 1.54) is 19.2 Å². The van der Waals surface area contributed by atoms with E-state index in [9.17, 15) is 8.42 Å². The first-order chi connectivity index (χ1) is 15.8. The van der Waals surface area contributed by atoms with Crippen molar-refractivity contribution in [1.29, 1.82) is 0 Å². The van der Waals surface area contributed by atoms with Crippen LogP contribution in [0.15, 0.2) is 65.6 Å². The second-order valence-electron chi connectivity index (χ2n) is 7.04. The van der Waals surface area contributed by atoms with Crippen LogP contribution >= 0.6 is 0 Å². The van der Waals surface area contributed by atoms with Crippen LogP contribution in [0.3, 0.4) is 0 Å². The van der Waals surface area contributed by atoms with Crippen molar-refractivity contribution in [2.24, 2.45) is 5.14 Å². The maximum Gasteiger partial charge on any atom is 0.238 e. The Hall–Kier alpha value is -3.89. The van der Waals surface area contributed by atoms with Crippen LogP contribution in [0.1, 0.15) is 0 Å². The lowest BCUT2D eigenvalue weighted by Gasteiger charge is -2.16. The van der Waals surface area contributed by atoms with Crippen molar-refractivity contribution in [3.63, 3.8) is 0 Å². The highest BCUT2D eigenvalue weighted by Crippen LogP contribution is 2.36. The number of primary sulfonamides is 1. The van der Waals surface area contributed by atoms with Gasteiger partial charge in [-0.15, -0.1) is 0 Å². The van der Waals surface area contributed by atoms with Gasteiger partial charge in [0.15, 0.2) is 5.82 Å². The Morgan fingerprint density at radius 2 is 1.39 bits per heavy atom. The molecule has 0 aliphatic rings. The molecule has 4 rings (SSSR count). The molecule has 0 radical (unpaired) electrons. The van der Waals surface area contributed by atoms with Crippen LogP contribution in [0.2, 0.25) is 0 Å². The Balaban J connectivity index is 1.98. The molecule has 33 heavy (non-hydrogen) atoms. The highest BCUT2D eigenvalue weighted by Gasteiger charge is 2.22. The van der Waals surface area contributed by atoms with Crippen LogP contribution in [-0.4, -0.2) is 39.7 Å². The third-order valence-corrected chi connectivity index (χ3v) is 5.90. The fourth-order valence-electron chi connectivity index (χ4n) is 3.36. The number of benzene rings is 3. The van der Waals surface area contributed by atoms with E-state index < -0.39 is 10.0 Å². The maximum absolute atomic E-state index is 12.4. The Kier molecular flexibility index (Phi) is 6.03. The van der Waals surface area contributed by atoms with Gasteiger partial charge in [0.25, 0.3) is 0 Å². The highest BCUT2D eigenvalue weighted by molar-refractivity contribution is 7.89. The molecular formula is C23H22N4O5S.